The minimum Gasteiger partial charge on any atom is -0.508 e. The highest BCUT2D eigenvalue weighted by Gasteiger charge is 2.33. The van der Waals surface area contributed by atoms with Crippen LogP contribution in [-0.2, 0) is 17.3 Å². The number of phenols is 2. The SMILES string of the molecule is Cc1c(Cc2cc(O)cc(C3(C)CCCCC3)c2C)cc(O)cc1C1(C)CCCCC1. The monoisotopic (exact) mass is 420 g/mol. The smallest absolute Gasteiger partial charge is 0.116 e. The molecule has 2 nitrogen and oxygen atoms in total. The fourth-order valence-electron chi connectivity index (χ4n) is 6.54. The van der Waals surface area contributed by atoms with Gasteiger partial charge in [-0.1, -0.05) is 52.4 Å². The van der Waals surface area contributed by atoms with Crippen molar-refractivity contribution in [1.29, 1.82) is 0 Å². The molecule has 0 aliphatic heterocycles. The van der Waals surface area contributed by atoms with E-state index in [0.29, 0.717) is 11.5 Å². The van der Waals surface area contributed by atoms with E-state index in [1.807, 2.05) is 24.3 Å². The third kappa shape index (κ3) is 4.36. The van der Waals surface area contributed by atoms with Crippen molar-refractivity contribution in [3.8, 4) is 11.5 Å². The van der Waals surface area contributed by atoms with E-state index in [9.17, 15) is 10.2 Å². The van der Waals surface area contributed by atoms with Gasteiger partial charge < -0.3 is 10.2 Å². The number of aromatic hydroxyl groups is 2. The number of hydrogen-bond donors (Lipinski definition) is 2. The molecule has 0 amide bonds. The Morgan fingerprint density at radius 3 is 1.32 bits per heavy atom. The molecule has 0 atom stereocenters. The van der Waals surface area contributed by atoms with Crippen molar-refractivity contribution in [2.75, 3.05) is 0 Å². The van der Waals surface area contributed by atoms with Gasteiger partial charge in [-0.25, -0.2) is 0 Å². The van der Waals surface area contributed by atoms with Gasteiger partial charge in [0.2, 0.25) is 0 Å². The topological polar surface area (TPSA) is 40.5 Å². The van der Waals surface area contributed by atoms with Crippen LogP contribution in [0.15, 0.2) is 24.3 Å². The molecule has 2 N–H and O–H groups in total. The van der Waals surface area contributed by atoms with E-state index in [1.165, 1.54) is 97.6 Å². The van der Waals surface area contributed by atoms with E-state index < -0.39 is 0 Å². The molecular weight excluding hydrogens is 380 g/mol. The second-order valence-electron chi connectivity index (χ2n) is 11.0. The minimum atomic E-state index is 0.157. The van der Waals surface area contributed by atoms with Crippen molar-refractivity contribution >= 4 is 0 Å². The van der Waals surface area contributed by atoms with Crippen LogP contribution in [0.2, 0.25) is 0 Å². The van der Waals surface area contributed by atoms with E-state index in [0.717, 1.165) is 6.42 Å². The van der Waals surface area contributed by atoms with Crippen molar-refractivity contribution in [3.05, 3.63) is 57.6 Å². The third-order valence-corrected chi connectivity index (χ3v) is 8.60. The standard InChI is InChI=1S/C29H40O2/c1-20-22(16-24(30)18-26(20)28(3)11-7-5-8-12-28)15-23-17-25(31)19-27(21(23)2)29(4)13-9-6-10-14-29/h16-19,30-31H,5-15H2,1-4H3. The highest BCUT2D eigenvalue weighted by molar-refractivity contribution is 5.51. The van der Waals surface area contributed by atoms with E-state index in [-0.39, 0.29) is 10.8 Å². The summed E-state index contributed by atoms with van der Waals surface area (Å²) in [4.78, 5) is 0. The lowest BCUT2D eigenvalue weighted by Crippen LogP contribution is -2.27. The molecule has 0 aromatic heterocycles. The first-order valence-corrected chi connectivity index (χ1v) is 12.4. The van der Waals surface area contributed by atoms with Crippen LogP contribution in [0.4, 0.5) is 0 Å². The maximum absolute atomic E-state index is 10.6. The fourth-order valence-corrected chi connectivity index (χ4v) is 6.54. The van der Waals surface area contributed by atoms with Gasteiger partial charge in [-0.2, -0.15) is 0 Å². The number of phenolic OH excluding ortho intramolecular Hbond substituents is 2. The molecule has 2 saturated carbocycles. The zero-order valence-electron chi connectivity index (χ0n) is 20.0. The fraction of sp³-hybridized carbons (Fsp3) is 0.586. The zero-order chi connectivity index (χ0) is 22.2. The van der Waals surface area contributed by atoms with Crippen LogP contribution in [0, 0.1) is 13.8 Å². The molecule has 0 heterocycles. The van der Waals surface area contributed by atoms with Crippen LogP contribution in [0.25, 0.3) is 0 Å². The molecule has 31 heavy (non-hydrogen) atoms. The Hall–Kier alpha value is -1.96. The maximum atomic E-state index is 10.6. The van der Waals surface area contributed by atoms with Gasteiger partial charge in [0.15, 0.2) is 0 Å². The largest absolute Gasteiger partial charge is 0.508 e. The second kappa shape index (κ2) is 8.52. The molecule has 0 unspecified atom stereocenters. The van der Waals surface area contributed by atoms with Gasteiger partial charge in [-0.15, -0.1) is 0 Å². The Morgan fingerprint density at radius 1 is 0.613 bits per heavy atom. The van der Waals surface area contributed by atoms with E-state index in [4.69, 9.17) is 0 Å². The molecule has 2 aromatic carbocycles. The molecule has 0 bridgehead atoms. The maximum Gasteiger partial charge on any atom is 0.116 e. The lowest BCUT2D eigenvalue weighted by atomic mass is 9.68. The van der Waals surface area contributed by atoms with Crippen molar-refractivity contribution < 1.29 is 10.2 Å². The summed E-state index contributed by atoms with van der Waals surface area (Å²) in [5.74, 6) is 0.749. The third-order valence-electron chi connectivity index (χ3n) is 8.60. The molecule has 0 radical (unpaired) electrons. The normalized spacial score (nSPS) is 20.5. The van der Waals surface area contributed by atoms with Crippen molar-refractivity contribution in [2.24, 2.45) is 0 Å². The van der Waals surface area contributed by atoms with E-state index in [2.05, 4.69) is 27.7 Å². The van der Waals surface area contributed by atoms with E-state index >= 15 is 0 Å². The summed E-state index contributed by atoms with van der Waals surface area (Å²) in [6.45, 7) is 9.20. The van der Waals surface area contributed by atoms with Gasteiger partial charge in [0.05, 0.1) is 0 Å². The summed E-state index contributed by atoms with van der Waals surface area (Å²) >= 11 is 0. The van der Waals surface area contributed by atoms with E-state index in [1.54, 1.807) is 0 Å². The molecule has 2 fully saturated rings. The quantitative estimate of drug-likeness (QED) is 0.531. The summed E-state index contributed by atoms with van der Waals surface area (Å²) < 4.78 is 0. The Labute approximate surface area is 188 Å². The summed E-state index contributed by atoms with van der Waals surface area (Å²) in [5.41, 5.74) is 7.96. The molecule has 2 aliphatic carbocycles. The number of benzene rings is 2. The molecule has 2 aromatic rings. The van der Waals surface area contributed by atoms with Crippen molar-refractivity contribution in [3.63, 3.8) is 0 Å². The summed E-state index contributed by atoms with van der Waals surface area (Å²) in [6, 6.07) is 7.90. The summed E-state index contributed by atoms with van der Waals surface area (Å²) in [5, 5.41) is 21.2. The van der Waals surface area contributed by atoms with Gasteiger partial charge in [0.1, 0.15) is 11.5 Å². The van der Waals surface area contributed by atoms with Crippen molar-refractivity contribution in [1.82, 2.24) is 0 Å². The molecule has 0 spiro atoms. The highest BCUT2D eigenvalue weighted by Crippen LogP contribution is 2.44. The predicted octanol–water partition coefficient (Wildman–Crippen LogP) is 7.75. The van der Waals surface area contributed by atoms with Crippen molar-refractivity contribution in [2.45, 2.75) is 109 Å². The summed E-state index contributed by atoms with van der Waals surface area (Å²) in [7, 11) is 0. The Bertz CT molecular complexity index is 866. The van der Waals surface area contributed by atoms with Crippen LogP contribution < -0.4 is 0 Å². The predicted molar refractivity (Wildman–Crippen MR) is 129 cm³/mol. The number of rotatable bonds is 4. The highest BCUT2D eigenvalue weighted by atomic mass is 16.3. The van der Waals surface area contributed by atoms with Crippen LogP contribution in [-0.4, -0.2) is 10.2 Å². The van der Waals surface area contributed by atoms with Crippen LogP contribution in [0.5, 0.6) is 11.5 Å². The molecule has 168 valence electrons. The van der Waals surface area contributed by atoms with Crippen LogP contribution in [0.3, 0.4) is 0 Å². The molecule has 4 rings (SSSR count). The van der Waals surface area contributed by atoms with Gasteiger partial charge in [0.25, 0.3) is 0 Å². The summed E-state index contributed by atoms with van der Waals surface area (Å²) in [6.07, 6.45) is 13.3. The average molecular weight is 421 g/mol. The Kier molecular flexibility index (Phi) is 6.12. The first-order chi connectivity index (χ1) is 14.7. The lowest BCUT2D eigenvalue weighted by Gasteiger charge is -2.37. The zero-order valence-corrected chi connectivity index (χ0v) is 20.0. The minimum absolute atomic E-state index is 0.157. The Morgan fingerprint density at radius 2 is 0.968 bits per heavy atom. The first-order valence-electron chi connectivity index (χ1n) is 12.4. The van der Waals surface area contributed by atoms with Gasteiger partial charge in [0, 0.05) is 0 Å². The lowest BCUT2D eigenvalue weighted by molar-refractivity contribution is 0.316. The van der Waals surface area contributed by atoms with Gasteiger partial charge in [-0.05, 0) is 114 Å². The number of hydrogen-bond acceptors (Lipinski definition) is 2. The van der Waals surface area contributed by atoms with Crippen LogP contribution >= 0.6 is 0 Å². The Balaban J connectivity index is 1.73. The first kappa shape index (κ1) is 22.2. The molecule has 2 heteroatoms. The molecule has 2 aliphatic rings. The average Bonchev–Trinajstić information content (AvgIpc) is 2.73. The van der Waals surface area contributed by atoms with Gasteiger partial charge >= 0.3 is 0 Å². The molecular formula is C29H40O2. The second-order valence-corrected chi connectivity index (χ2v) is 11.0. The van der Waals surface area contributed by atoms with Gasteiger partial charge in [-0.3, -0.25) is 0 Å². The van der Waals surface area contributed by atoms with Crippen LogP contribution in [0.1, 0.15) is 111 Å². The molecule has 0 saturated heterocycles.